The molecule has 2 N–H and O–H groups in total. The predicted molar refractivity (Wildman–Crippen MR) is 129 cm³/mol. The highest BCUT2D eigenvalue weighted by atomic mass is 32.2. The van der Waals surface area contributed by atoms with Crippen molar-refractivity contribution in [2.45, 2.75) is 49.6 Å². The fourth-order valence-electron chi connectivity index (χ4n) is 4.11. The molecule has 9 nitrogen and oxygen atoms in total. The van der Waals surface area contributed by atoms with E-state index in [-0.39, 0.29) is 34.8 Å². The number of aromatic nitrogens is 4. The molecule has 14 heteroatoms. The van der Waals surface area contributed by atoms with Gasteiger partial charge in [-0.1, -0.05) is 12.0 Å². The zero-order valence-electron chi connectivity index (χ0n) is 20.3. The molecule has 1 aliphatic rings. The van der Waals surface area contributed by atoms with Crippen molar-refractivity contribution in [1.82, 2.24) is 29.0 Å². The van der Waals surface area contributed by atoms with Crippen LogP contribution in [0.15, 0.2) is 35.5 Å². The number of halogens is 4. The molecule has 0 aromatic carbocycles. The van der Waals surface area contributed by atoms with Crippen LogP contribution in [-0.2, 0) is 23.0 Å². The molecular formula is C23H27F4N7O2S. The third-order valence-corrected chi connectivity index (χ3v) is 7.37. The van der Waals surface area contributed by atoms with Crippen LogP contribution < -0.4 is 10.0 Å². The van der Waals surface area contributed by atoms with E-state index in [9.17, 15) is 26.0 Å². The van der Waals surface area contributed by atoms with Crippen molar-refractivity contribution in [2.24, 2.45) is 0 Å². The predicted octanol–water partition coefficient (Wildman–Crippen LogP) is 2.44. The summed E-state index contributed by atoms with van der Waals surface area (Å²) in [4.78, 5) is 1.83. The number of pyridine rings is 1. The lowest BCUT2D eigenvalue weighted by molar-refractivity contribution is -0.127. The number of likely N-dealkylation sites (tertiary alicyclic amines) is 1. The molecule has 4 rings (SSSR count). The molecular weight excluding hydrogens is 514 g/mol. The van der Waals surface area contributed by atoms with Gasteiger partial charge in [-0.2, -0.15) is 28.1 Å². The number of anilines is 1. The first-order chi connectivity index (χ1) is 17.5. The molecule has 1 saturated heterocycles. The number of alkyl halides is 4. The van der Waals surface area contributed by atoms with Gasteiger partial charge in [0, 0.05) is 31.4 Å². The Labute approximate surface area is 211 Å². The Balaban J connectivity index is 1.60. The van der Waals surface area contributed by atoms with Gasteiger partial charge in [-0.25, -0.2) is 17.3 Å². The number of aryl methyl sites for hydroxylation is 1. The standard InChI is InChI=1S/C23H27F4N7O2S/c1-3-33-14-16(13-28-33)37(35,36)29-10-5-6-19-17(12-23(25,26)27)21-7-4-8-22(34(21)31-19)30-20-9-11-32(2)15-18(20)24/h4,7-8,13-14,18,20,29-30H,3,9-12,15H2,1-2H3/t18-,20+/m0/s1. The zero-order valence-corrected chi connectivity index (χ0v) is 21.1. The molecule has 3 aromatic heterocycles. The second-order valence-electron chi connectivity index (χ2n) is 8.80. The first kappa shape index (κ1) is 26.9. The molecule has 0 radical (unpaired) electrons. The molecule has 0 spiro atoms. The van der Waals surface area contributed by atoms with Crippen LogP contribution in [0.2, 0.25) is 0 Å². The van der Waals surface area contributed by atoms with E-state index < -0.39 is 34.8 Å². The summed E-state index contributed by atoms with van der Waals surface area (Å²) >= 11 is 0. The Bertz CT molecular complexity index is 1420. The van der Waals surface area contributed by atoms with Crippen LogP contribution in [0.4, 0.5) is 23.4 Å². The molecule has 0 bridgehead atoms. The summed E-state index contributed by atoms with van der Waals surface area (Å²) in [6, 6.07) is 4.16. The van der Waals surface area contributed by atoms with Crippen molar-refractivity contribution in [3.05, 3.63) is 41.9 Å². The zero-order chi connectivity index (χ0) is 26.8. The highest BCUT2D eigenvalue weighted by Gasteiger charge is 2.32. The van der Waals surface area contributed by atoms with Gasteiger partial charge in [0.15, 0.2) is 0 Å². The van der Waals surface area contributed by atoms with Crippen LogP contribution in [0.1, 0.15) is 24.6 Å². The maximum absolute atomic E-state index is 14.6. The molecule has 1 aliphatic heterocycles. The van der Waals surface area contributed by atoms with E-state index in [1.54, 1.807) is 19.1 Å². The fourth-order valence-corrected chi connectivity index (χ4v) is 4.99. The summed E-state index contributed by atoms with van der Waals surface area (Å²) < 4.78 is 84.6. The van der Waals surface area contributed by atoms with Gasteiger partial charge in [-0.05, 0) is 38.4 Å². The average Bonchev–Trinajstić information content (AvgIpc) is 3.44. The van der Waals surface area contributed by atoms with Crippen LogP contribution in [0.25, 0.3) is 5.52 Å². The van der Waals surface area contributed by atoms with E-state index >= 15 is 0 Å². The van der Waals surface area contributed by atoms with Crippen molar-refractivity contribution in [3.8, 4) is 11.8 Å². The highest BCUT2D eigenvalue weighted by Crippen LogP contribution is 2.28. The average molecular weight is 542 g/mol. The van der Waals surface area contributed by atoms with E-state index in [1.807, 2.05) is 11.9 Å². The van der Waals surface area contributed by atoms with E-state index in [0.717, 1.165) is 0 Å². The second kappa shape index (κ2) is 10.7. The molecule has 37 heavy (non-hydrogen) atoms. The Hall–Kier alpha value is -3.15. The fraction of sp³-hybridized carbons (Fsp3) is 0.478. The molecule has 4 heterocycles. The largest absolute Gasteiger partial charge is 0.393 e. The number of nitrogens with zero attached hydrogens (tertiary/aromatic N) is 5. The van der Waals surface area contributed by atoms with E-state index in [4.69, 9.17) is 0 Å². The summed E-state index contributed by atoms with van der Waals surface area (Å²) in [5, 5.41) is 11.3. The molecule has 3 aromatic rings. The Morgan fingerprint density at radius 2 is 2.05 bits per heavy atom. The number of sulfonamides is 1. The highest BCUT2D eigenvalue weighted by molar-refractivity contribution is 7.89. The van der Waals surface area contributed by atoms with E-state index in [1.165, 1.54) is 27.7 Å². The first-order valence-corrected chi connectivity index (χ1v) is 13.1. The summed E-state index contributed by atoms with van der Waals surface area (Å²) in [5.41, 5.74) is -0.0943. The molecule has 0 aliphatic carbocycles. The van der Waals surface area contributed by atoms with Crippen molar-refractivity contribution in [3.63, 3.8) is 0 Å². The third kappa shape index (κ3) is 6.41. The van der Waals surface area contributed by atoms with Crippen LogP contribution in [-0.4, -0.2) is 77.8 Å². The third-order valence-electron chi connectivity index (χ3n) is 6.02. The topological polar surface area (TPSA) is 96.6 Å². The first-order valence-electron chi connectivity index (χ1n) is 11.6. The van der Waals surface area contributed by atoms with Crippen molar-refractivity contribution in [1.29, 1.82) is 0 Å². The monoisotopic (exact) mass is 541 g/mol. The Morgan fingerprint density at radius 3 is 2.73 bits per heavy atom. The number of rotatable bonds is 7. The van der Waals surface area contributed by atoms with Gasteiger partial charge in [0.05, 0.1) is 30.7 Å². The summed E-state index contributed by atoms with van der Waals surface area (Å²) in [6.07, 6.45) is -3.87. The number of piperidine rings is 1. The maximum atomic E-state index is 14.6. The van der Waals surface area contributed by atoms with Gasteiger partial charge >= 0.3 is 6.18 Å². The van der Waals surface area contributed by atoms with Crippen molar-refractivity contribution in [2.75, 3.05) is 32.0 Å². The second-order valence-corrected chi connectivity index (χ2v) is 10.6. The van der Waals surface area contributed by atoms with Gasteiger partial charge in [-0.3, -0.25) is 4.68 Å². The summed E-state index contributed by atoms with van der Waals surface area (Å²) in [7, 11) is -2.07. The lowest BCUT2D eigenvalue weighted by Crippen LogP contribution is -2.46. The van der Waals surface area contributed by atoms with Crippen molar-refractivity contribution < 1.29 is 26.0 Å². The number of nitrogens with one attached hydrogen (secondary N) is 2. The van der Waals surface area contributed by atoms with Gasteiger partial charge < -0.3 is 10.2 Å². The quantitative estimate of drug-likeness (QED) is 0.353. The minimum Gasteiger partial charge on any atom is -0.364 e. The smallest absolute Gasteiger partial charge is 0.364 e. The van der Waals surface area contributed by atoms with Crippen molar-refractivity contribution >= 4 is 21.4 Å². The van der Waals surface area contributed by atoms with Crippen LogP contribution in [0, 0.1) is 11.8 Å². The Morgan fingerprint density at radius 1 is 1.27 bits per heavy atom. The van der Waals surface area contributed by atoms with Gasteiger partial charge in [0.1, 0.15) is 22.6 Å². The molecule has 2 atom stereocenters. The molecule has 0 amide bonds. The molecule has 1 fully saturated rings. The van der Waals surface area contributed by atoms with Crippen LogP contribution >= 0.6 is 0 Å². The van der Waals surface area contributed by atoms with Crippen LogP contribution in [0.3, 0.4) is 0 Å². The molecule has 200 valence electrons. The number of hydrogen-bond acceptors (Lipinski definition) is 6. The normalized spacial score (nSPS) is 19.1. The van der Waals surface area contributed by atoms with Crippen LogP contribution in [0.5, 0.6) is 0 Å². The number of hydrogen-bond donors (Lipinski definition) is 2. The Kier molecular flexibility index (Phi) is 7.77. The number of fused-ring (bicyclic) bond motifs is 1. The SMILES string of the molecule is CCn1cc(S(=O)(=O)NCC#Cc2nn3c(N[C@@H]4CCN(C)C[C@@H]4F)cccc3c2CC(F)(F)F)cn1. The summed E-state index contributed by atoms with van der Waals surface area (Å²) in [5.74, 6) is 5.47. The minimum absolute atomic E-state index is 0.0440. The molecule has 0 saturated carbocycles. The maximum Gasteiger partial charge on any atom is 0.393 e. The minimum atomic E-state index is -4.53. The van der Waals surface area contributed by atoms with E-state index in [2.05, 4.69) is 32.1 Å². The lowest BCUT2D eigenvalue weighted by atomic mass is 10.0. The van der Waals surface area contributed by atoms with Gasteiger partial charge in [0.2, 0.25) is 10.0 Å². The van der Waals surface area contributed by atoms with Gasteiger partial charge in [-0.15, -0.1) is 0 Å². The molecule has 0 unspecified atom stereocenters. The summed E-state index contributed by atoms with van der Waals surface area (Å²) in [6.45, 7) is 2.88. The lowest BCUT2D eigenvalue weighted by Gasteiger charge is -2.33. The van der Waals surface area contributed by atoms with E-state index in [0.29, 0.717) is 25.3 Å². The van der Waals surface area contributed by atoms with Gasteiger partial charge in [0.25, 0.3) is 0 Å².